The van der Waals surface area contributed by atoms with E-state index in [0.29, 0.717) is 13.2 Å². The Hall–Kier alpha value is -3.02. The Bertz CT molecular complexity index is 1650. The molecule has 0 bridgehead atoms. The molecule has 0 amide bonds. The minimum atomic E-state index is -1.24. The molecule has 8 unspecified atom stereocenters. The third-order valence-corrected chi connectivity index (χ3v) is 12.8. The molecule has 4 N–H and O–H groups in total. The monoisotopic (exact) mass is 879 g/mol. The number of aliphatic hydroxyl groups excluding tert-OH is 4. The van der Waals surface area contributed by atoms with Crippen LogP contribution in [-0.2, 0) is 33.2 Å². The predicted molar refractivity (Wildman–Crippen MR) is 220 cm³/mol. The second-order valence-electron chi connectivity index (χ2n) is 13.8. The van der Waals surface area contributed by atoms with E-state index in [4.69, 9.17) is 54.9 Å². The summed E-state index contributed by atoms with van der Waals surface area (Å²) in [6.07, 6.45) is -0.897. The number of fused-ring (bicyclic) bond motifs is 2. The van der Waals surface area contributed by atoms with Gasteiger partial charge in [0.1, 0.15) is 58.9 Å². The van der Waals surface area contributed by atoms with Crippen LogP contribution in [0.15, 0.2) is 76.0 Å². The summed E-state index contributed by atoms with van der Waals surface area (Å²) in [4.78, 5) is 8.37. The van der Waals surface area contributed by atoms with Crippen molar-refractivity contribution in [2.45, 2.75) is 103 Å². The van der Waals surface area contributed by atoms with Crippen molar-refractivity contribution in [3.05, 3.63) is 103 Å². The number of thioether (sulfide) groups is 3. The van der Waals surface area contributed by atoms with Gasteiger partial charge in [-0.1, -0.05) is 82.9 Å². The van der Waals surface area contributed by atoms with E-state index < -0.39 is 72.7 Å². The number of azide groups is 3. The summed E-state index contributed by atoms with van der Waals surface area (Å²) < 4.78 is 40.6. The lowest BCUT2D eigenvalue weighted by molar-refractivity contribution is -0.305. The quantitative estimate of drug-likeness (QED) is 0.143. The van der Waals surface area contributed by atoms with Gasteiger partial charge in [0.15, 0.2) is 12.6 Å². The molecular weight excluding hydrogens is 831 g/mol. The standard InChI is InChI=1S/C15H19N3O3S.C14H17N3O4S.C7H13N3O4S/c1-9-12(17-18-16)15(22-2)20-11-8-19-14(21-13(9)11)10-6-4-3-5-7-10;1-22-14-10(16-17-15)11(18)12-9(20-14)7-19-13(21-12)8-5-3-2-4-6-8;1-15-7-4(9-10-8)6(13)5(12)3(2-11)14-7/h3-7,9,11-15H,8H2,1-2H3;2-6,9-14,18H,7H2,1H3;3-7,11-13H,2H2,1H3/t9-,11?,12+,13+,14?,15?;9?,10-,11+,12+,13?,14?;3?,4-,5+,6+,7?/m100/s1. The molecule has 0 radical (unpaired) electrons. The van der Waals surface area contributed by atoms with Gasteiger partial charge in [-0.15, -0.1) is 35.3 Å². The number of rotatable bonds is 9. The first kappa shape index (κ1) is 47.0. The average Bonchev–Trinajstić information content (AvgIpc) is 3.28. The Labute approximate surface area is 353 Å². The van der Waals surface area contributed by atoms with Crippen molar-refractivity contribution >= 4 is 35.3 Å². The zero-order chi connectivity index (χ0) is 42.5. The van der Waals surface area contributed by atoms with Crippen molar-refractivity contribution in [1.29, 1.82) is 0 Å². The maximum absolute atomic E-state index is 10.5. The van der Waals surface area contributed by atoms with Gasteiger partial charge in [0.05, 0.1) is 44.2 Å². The van der Waals surface area contributed by atoms with Gasteiger partial charge in [-0.05, 0) is 41.3 Å². The van der Waals surface area contributed by atoms with Crippen LogP contribution < -0.4 is 0 Å². The number of aliphatic hydroxyl groups is 4. The number of ether oxygens (including phenoxy) is 7. The number of benzene rings is 2. The van der Waals surface area contributed by atoms with E-state index in [9.17, 15) is 15.3 Å². The Balaban J connectivity index is 0.000000172. The van der Waals surface area contributed by atoms with E-state index >= 15 is 0 Å². The van der Waals surface area contributed by atoms with Gasteiger partial charge in [-0.25, -0.2) is 0 Å². The van der Waals surface area contributed by atoms with Crippen LogP contribution in [0.2, 0.25) is 0 Å². The molecule has 5 aliphatic rings. The first-order valence-electron chi connectivity index (χ1n) is 18.6. The van der Waals surface area contributed by atoms with Crippen LogP contribution in [0.1, 0.15) is 30.6 Å². The maximum Gasteiger partial charge on any atom is 0.184 e. The molecule has 0 spiro atoms. The van der Waals surface area contributed by atoms with Gasteiger partial charge >= 0.3 is 0 Å². The van der Waals surface area contributed by atoms with E-state index in [-0.39, 0.29) is 35.7 Å². The van der Waals surface area contributed by atoms with Gasteiger partial charge in [-0.2, -0.15) is 0 Å². The summed E-state index contributed by atoms with van der Waals surface area (Å²) in [5, 5.41) is 49.6. The average molecular weight is 880 g/mol. The van der Waals surface area contributed by atoms with Crippen LogP contribution in [0.5, 0.6) is 0 Å². The SMILES string of the molecule is CSC1OC(CO)[C@@H](O)[C@H](O)[C@@H]1N=[N+]=[N-].CSC1OC2COC(c3ccccc3)O[C@H]2[C@H](C)[C@@H]1N=[N+]=[N-].CSC1OC2COC(c3ccccc3)O[C@H]2[C@H](O)[C@@H]1N=[N+]=[N-]. The summed E-state index contributed by atoms with van der Waals surface area (Å²) in [7, 11) is 0. The smallest absolute Gasteiger partial charge is 0.184 e. The van der Waals surface area contributed by atoms with E-state index in [1.165, 1.54) is 23.5 Å². The van der Waals surface area contributed by atoms with Crippen LogP contribution in [0, 0.1) is 5.92 Å². The number of hydrogen-bond donors (Lipinski definition) is 4. The Kier molecular flexibility index (Phi) is 18.5. The van der Waals surface area contributed by atoms with Gasteiger partial charge in [0.2, 0.25) is 0 Å². The fraction of sp³-hybridized carbons (Fsp3) is 0.667. The molecule has 23 heteroatoms. The highest BCUT2D eigenvalue weighted by molar-refractivity contribution is 7.99. The van der Waals surface area contributed by atoms with Crippen molar-refractivity contribution in [2.75, 3.05) is 38.6 Å². The summed E-state index contributed by atoms with van der Waals surface area (Å²) in [5.74, 6) is 0.0715. The molecule has 0 aliphatic carbocycles. The molecule has 2 aromatic carbocycles. The van der Waals surface area contributed by atoms with Crippen molar-refractivity contribution in [2.24, 2.45) is 21.3 Å². The van der Waals surface area contributed by atoms with Crippen LogP contribution in [0.3, 0.4) is 0 Å². The van der Waals surface area contributed by atoms with Gasteiger partial charge in [0, 0.05) is 25.9 Å². The summed E-state index contributed by atoms with van der Waals surface area (Å²) in [6, 6.07) is 17.6. The maximum atomic E-state index is 10.5. The van der Waals surface area contributed by atoms with Crippen molar-refractivity contribution in [3.63, 3.8) is 0 Å². The van der Waals surface area contributed by atoms with Gasteiger partial charge < -0.3 is 53.6 Å². The van der Waals surface area contributed by atoms with Crippen LogP contribution in [0.4, 0.5) is 0 Å². The molecule has 5 aliphatic heterocycles. The summed E-state index contributed by atoms with van der Waals surface area (Å²) in [6.45, 7) is 2.46. The fourth-order valence-corrected chi connectivity index (χ4v) is 9.53. The van der Waals surface area contributed by atoms with Crippen LogP contribution >= 0.6 is 35.3 Å². The summed E-state index contributed by atoms with van der Waals surface area (Å²) in [5.41, 5.74) is 26.5. The Morgan fingerprint density at radius 2 is 1.02 bits per heavy atom. The molecule has 5 fully saturated rings. The number of hydrogen-bond acceptors (Lipinski definition) is 17. The fourth-order valence-electron chi connectivity index (χ4n) is 7.20. The molecule has 7 rings (SSSR count). The van der Waals surface area contributed by atoms with E-state index in [0.717, 1.165) is 11.1 Å². The molecule has 0 aromatic heterocycles. The zero-order valence-electron chi connectivity index (χ0n) is 32.6. The van der Waals surface area contributed by atoms with E-state index in [1.807, 2.05) is 73.2 Å². The zero-order valence-corrected chi connectivity index (χ0v) is 35.1. The minimum absolute atomic E-state index is 0.0715. The van der Waals surface area contributed by atoms with E-state index in [2.05, 4.69) is 37.0 Å². The van der Waals surface area contributed by atoms with Gasteiger partial charge in [-0.3, -0.25) is 0 Å². The lowest BCUT2D eigenvalue weighted by Gasteiger charge is -2.47. The highest BCUT2D eigenvalue weighted by atomic mass is 32.2. The lowest BCUT2D eigenvalue weighted by atomic mass is 9.89. The molecule has 322 valence electrons. The third-order valence-electron chi connectivity index (χ3n) is 10.3. The number of nitrogens with zero attached hydrogens (tertiary/aromatic N) is 9. The second kappa shape index (κ2) is 23.3. The van der Waals surface area contributed by atoms with Crippen LogP contribution in [0.25, 0.3) is 31.3 Å². The first-order valence-corrected chi connectivity index (χ1v) is 22.5. The Morgan fingerprint density at radius 1 is 0.593 bits per heavy atom. The molecule has 17 atom stereocenters. The van der Waals surface area contributed by atoms with Crippen LogP contribution in [-0.4, -0.2) is 142 Å². The lowest BCUT2D eigenvalue weighted by Crippen LogP contribution is -2.60. The molecule has 2 aromatic rings. The Morgan fingerprint density at radius 3 is 1.49 bits per heavy atom. The first-order chi connectivity index (χ1) is 28.6. The molecular formula is C36H49N9O11S3. The molecule has 5 heterocycles. The normalized spacial score (nSPS) is 38.7. The highest BCUT2D eigenvalue weighted by Crippen LogP contribution is 2.41. The molecule has 0 saturated carbocycles. The summed E-state index contributed by atoms with van der Waals surface area (Å²) >= 11 is 4.19. The minimum Gasteiger partial charge on any atom is -0.394 e. The highest BCUT2D eigenvalue weighted by Gasteiger charge is 2.50. The largest absolute Gasteiger partial charge is 0.394 e. The molecule has 5 saturated heterocycles. The van der Waals surface area contributed by atoms with E-state index in [1.54, 1.807) is 18.0 Å². The molecule has 59 heavy (non-hydrogen) atoms. The molecule has 20 nitrogen and oxygen atoms in total. The second-order valence-corrected chi connectivity index (χ2v) is 16.6. The third kappa shape index (κ3) is 11.5. The van der Waals surface area contributed by atoms with Gasteiger partial charge in [0.25, 0.3) is 0 Å². The predicted octanol–water partition coefficient (Wildman–Crippen LogP) is 5.20. The van der Waals surface area contributed by atoms with Crippen molar-refractivity contribution < 1.29 is 53.6 Å². The van der Waals surface area contributed by atoms with Crippen molar-refractivity contribution in [3.8, 4) is 0 Å². The van der Waals surface area contributed by atoms with Crippen molar-refractivity contribution in [1.82, 2.24) is 0 Å². The topological polar surface area (TPSA) is 292 Å².